The number of carbonyl (C=O) groups is 1. The fourth-order valence-corrected chi connectivity index (χ4v) is 3.66. The number of piperidine rings is 1. The molecule has 0 unspecified atom stereocenters. The molecule has 3 aromatic rings. The van der Waals surface area contributed by atoms with E-state index in [0.29, 0.717) is 11.3 Å². The van der Waals surface area contributed by atoms with E-state index in [1.54, 1.807) is 30.1 Å². The second-order valence-electron chi connectivity index (χ2n) is 7.07. The largest absolute Gasteiger partial charge is 0.345 e. The maximum absolute atomic E-state index is 13.0. The molecule has 7 heteroatoms. The topological polar surface area (TPSA) is 91.8 Å². The van der Waals surface area contributed by atoms with Gasteiger partial charge in [-0.3, -0.25) is 9.59 Å². The predicted molar refractivity (Wildman–Crippen MR) is 109 cm³/mol. The van der Waals surface area contributed by atoms with E-state index in [4.69, 9.17) is 0 Å². The summed E-state index contributed by atoms with van der Waals surface area (Å²) in [5.41, 5.74) is 3.06. The molecule has 1 aliphatic rings. The summed E-state index contributed by atoms with van der Waals surface area (Å²) in [5, 5.41) is 6.17. The fraction of sp³-hybridized carbons (Fsp3) is 0.286. The minimum absolute atomic E-state index is 0.129. The minimum Gasteiger partial charge on any atom is -0.345 e. The molecule has 0 radical (unpaired) electrons. The van der Waals surface area contributed by atoms with Crippen molar-refractivity contribution >= 4 is 11.6 Å². The molecular weight excluding hydrogens is 354 g/mol. The van der Waals surface area contributed by atoms with E-state index in [2.05, 4.69) is 20.6 Å². The molecular formula is C21H23N5O2. The van der Waals surface area contributed by atoms with E-state index in [0.717, 1.165) is 37.2 Å². The van der Waals surface area contributed by atoms with Crippen molar-refractivity contribution in [3.63, 3.8) is 0 Å². The molecule has 1 saturated heterocycles. The van der Waals surface area contributed by atoms with Gasteiger partial charge >= 0.3 is 0 Å². The van der Waals surface area contributed by atoms with Crippen molar-refractivity contribution in [2.45, 2.75) is 25.8 Å². The Labute approximate surface area is 162 Å². The zero-order valence-electron chi connectivity index (χ0n) is 15.7. The molecule has 1 fully saturated rings. The average Bonchev–Trinajstić information content (AvgIpc) is 3.24. The molecule has 1 aromatic carbocycles. The highest BCUT2D eigenvalue weighted by Crippen LogP contribution is 2.21. The van der Waals surface area contributed by atoms with Crippen LogP contribution in [0.25, 0.3) is 11.3 Å². The van der Waals surface area contributed by atoms with Crippen molar-refractivity contribution in [1.29, 1.82) is 0 Å². The van der Waals surface area contributed by atoms with Crippen molar-refractivity contribution in [2.24, 2.45) is 0 Å². The van der Waals surface area contributed by atoms with Gasteiger partial charge in [0, 0.05) is 23.5 Å². The standard InChI is InChI=1S/C21H23N5O2/c1-14-7-10-26(17-5-8-22-9-6-17)21(28)19(14)20(27)25-16-4-2-3-15(11-16)18-12-23-13-24-18/h2-4,7,10-13,17,22H,5-6,8-9H2,1H3,(H,23,24)(H,25,27). The Bertz CT molecular complexity index is 1030. The lowest BCUT2D eigenvalue weighted by Crippen LogP contribution is -2.37. The third-order valence-corrected chi connectivity index (χ3v) is 5.19. The van der Waals surface area contributed by atoms with Crippen molar-refractivity contribution in [3.8, 4) is 11.3 Å². The molecule has 0 spiro atoms. The Morgan fingerprint density at radius 2 is 2.07 bits per heavy atom. The van der Waals surface area contributed by atoms with Crippen LogP contribution in [0, 0.1) is 6.92 Å². The van der Waals surface area contributed by atoms with Gasteiger partial charge in [0.25, 0.3) is 11.5 Å². The number of carbonyl (C=O) groups excluding carboxylic acids is 1. The Morgan fingerprint density at radius 3 is 2.82 bits per heavy atom. The summed E-state index contributed by atoms with van der Waals surface area (Å²) < 4.78 is 1.71. The van der Waals surface area contributed by atoms with Gasteiger partial charge in [-0.25, -0.2) is 4.98 Å². The molecule has 1 aliphatic heterocycles. The van der Waals surface area contributed by atoms with Crippen LogP contribution in [0.3, 0.4) is 0 Å². The molecule has 28 heavy (non-hydrogen) atoms. The molecule has 4 rings (SSSR count). The van der Waals surface area contributed by atoms with Gasteiger partial charge in [0.15, 0.2) is 0 Å². The summed E-state index contributed by atoms with van der Waals surface area (Å²) in [6, 6.07) is 9.43. The summed E-state index contributed by atoms with van der Waals surface area (Å²) in [4.78, 5) is 33.0. The van der Waals surface area contributed by atoms with E-state index < -0.39 is 0 Å². The number of benzene rings is 1. The molecule has 3 heterocycles. The van der Waals surface area contributed by atoms with Crippen molar-refractivity contribution in [3.05, 3.63) is 70.5 Å². The van der Waals surface area contributed by atoms with Crippen LogP contribution < -0.4 is 16.2 Å². The number of rotatable bonds is 4. The van der Waals surface area contributed by atoms with Gasteiger partial charge in [-0.1, -0.05) is 12.1 Å². The van der Waals surface area contributed by atoms with Crippen LogP contribution in [0.4, 0.5) is 5.69 Å². The lowest BCUT2D eigenvalue weighted by atomic mass is 10.0. The van der Waals surface area contributed by atoms with E-state index in [1.807, 2.05) is 30.5 Å². The Morgan fingerprint density at radius 1 is 1.25 bits per heavy atom. The first kappa shape index (κ1) is 18.2. The molecule has 144 valence electrons. The summed E-state index contributed by atoms with van der Waals surface area (Å²) in [6.45, 7) is 3.56. The van der Waals surface area contributed by atoms with Gasteiger partial charge in [-0.2, -0.15) is 0 Å². The molecule has 2 aromatic heterocycles. The monoisotopic (exact) mass is 377 g/mol. The molecule has 0 atom stereocenters. The zero-order valence-corrected chi connectivity index (χ0v) is 15.7. The molecule has 1 amide bonds. The van der Waals surface area contributed by atoms with Crippen molar-refractivity contribution < 1.29 is 4.79 Å². The first-order chi connectivity index (χ1) is 13.6. The van der Waals surface area contributed by atoms with Gasteiger partial charge in [-0.05, 0) is 56.6 Å². The minimum atomic E-state index is -0.382. The first-order valence-electron chi connectivity index (χ1n) is 9.46. The van der Waals surface area contributed by atoms with Crippen LogP contribution >= 0.6 is 0 Å². The Balaban J connectivity index is 1.62. The van der Waals surface area contributed by atoms with Gasteiger partial charge in [0.1, 0.15) is 5.56 Å². The number of imidazole rings is 1. The highest BCUT2D eigenvalue weighted by Gasteiger charge is 2.21. The number of nitrogens with zero attached hydrogens (tertiary/aromatic N) is 2. The number of aromatic amines is 1. The highest BCUT2D eigenvalue weighted by molar-refractivity contribution is 6.05. The lowest BCUT2D eigenvalue weighted by Gasteiger charge is -2.25. The summed E-state index contributed by atoms with van der Waals surface area (Å²) in [7, 11) is 0. The Kier molecular flexibility index (Phi) is 5.08. The first-order valence-corrected chi connectivity index (χ1v) is 9.46. The van der Waals surface area contributed by atoms with Crippen LogP contribution in [0.5, 0.6) is 0 Å². The molecule has 0 saturated carbocycles. The van der Waals surface area contributed by atoms with E-state index in [9.17, 15) is 9.59 Å². The van der Waals surface area contributed by atoms with Gasteiger partial charge in [0.05, 0.1) is 18.2 Å². The third-order valence-electron chi connectivity index (χ3n) is 5.19. The second-order valence-corrected chi connectivity index (χ2v) is 7.07. The number of H-pyrrole nitrogens is 1. The second kappa shape index (κ2) is 7.82. The fourth-order valence-electron chi connectivity index (χ4n) is 3.66. The smallest absolute Gasteiger partial charge is 0.263 e. The van der Waals surface area contributed by atoms with Crippen LogP contribution in [0.15, 0.2) is 53.8 Å². The zero-order chi connectivity index (χ0) is 19.5. The summed E-state index contributed by atoms with van der Waals surface area (Å²) in [5.74, 6) is -0.382. The van der Waals surface area contributed by atoms with Crippen LogP contribution in [-0.4, -0.2) is 33.5 Å². The number of pyridine rings is 1. The molecule has 3 N–H and O–H groups in total. The number of amides is 1. The molecule has 0 aliphatic carbocycles. The number of nitrogens with one attached hydrogen (secondary N) is 3. The van der Waals surface area contributed by atoms with Crippen molar-refractivity contribution in [2.75, 3.05) is 18.4 Å². The summed E-state index contributed by atoms with van der Waals surface area (Å²) in [6.07, 6.45) is 6.91. The number of hydrogen-bond donors (Lipinski definition) is 3. The van der Waals surface area contributed by atoms with Crippen LogP contribution in [0.1, 0.15) is 34.8 Å². The van der Waals surface area contributed by atoms with E-state index >= 15 is 0 Å². The maximum Gasteiger partial charge on any atom is 0.263 e. The van der Waals surface area contributed by atoms with Gasteiger partial charge in [0.2, 0.25) is 0 Å². The number of aromatic nitrogens is 3. The number of hydrogen-bond acceptors (Lipinski definition) is 4. The van der Waals surface area contributed by atoms with Crippen LogP contribution in [-0.2, 0) is 0 Å². The van der Waals surface area contributed by atoms with Crippen LogP contribution in [0.2, 0.25) is 0 Å². The highest BCUT2D eigenvalue weighted by atomic mass is 16.2. The SMILES string of the molecule is Cc1ccn(C2CCNCC2)c(=O)c1C(=O)Nc1cccc(-c2cnc[nH]2)c1. The predicted octanol–water partition coefficient (Wildman–Crippen LogP) is 2.72. The maximum atomic E-state index is 13.0. The van der Waals surface area contributed by atoms with Gasteiger partial charge in [-0.15, -0.1) is 0 Å². The average molecular weight is 377 g/mol. The van der Waals surface area contributed by atoms with Crippen molar-refractivity contribution in [1.82, 2.24) is 19.9 Å². The number of anilines is 1. The van der Waals surface area contributed by atoms with E-state index in [-0.39, 0.29) is 23.1 Å². The molecule has 0 bridgehead atoms. The number of aryl methyl sites for hydroxylation is 1. The lowest BCUT2D eigenvalue weighted by molar-refractivity contribution is 0.102. The summed E-state index contributed by atoms with van der Waals surface area (Å²) >= 11 is 0. The Hall–Kier alpha value is -3.19. The van der Waals surface area contributed by atoms with E-state index in [1.165, 1.54) is 0 Å². The normalized spacial score (nSPS) is 14.8. The third kappa shape index (κ3) is 3.61. The molecule has 7 nitrogen and oxygen atoms in total. The van der Waals surface area contributed by atoms with Gasteiger partial charge < -0.3 is 20.2 Å². The quantitative estimate of drug-likeness (QED) is 0.652.